The Hall–Kier alpha value is -1.66. The first-order valence-electron chi connectivity index (χ1n) is 6.26. The second-order valence-electron chi connectivity index (χ2n) is 4.62. The Labute approximate surface area is 134 Å². The summed E-state index contributed by atoms with van der Waals surface area (Å²) in [5.41, 5.74) is 1.63. The summed E-state index contributed by atoms with van der Waals surface area (Å²) in [7, 11) is 0. The molecule has 1 aromatic carbocycles. The Balaban J connectivity index is 1.88. The largest absolute Gasteiger partial charge is 0.348 e. The van der Waals surface area contributed by atoms with Crippen LogP contribution in [0.25, 0.3) is 5.65 Å². The van der Waals surface area contributed by atoms with E-state index in [4.69, 9.17) is 11.6 Å². The summed E-state index contributed by atoms with van der Waals surface area (Å²) in [5, 5.41) is 3.48. The molecule has 3 aromatic rings. The molecule has 0 fully saturated rings. The van der Waals surface area contributed by atoms with Gasteiger partial charge in [-0.1, -0.05) is 12.1 Å². The molecule has 0 aliphatic rings. The molecule has 21 heavy (non-hydrogen) atoms. The second kappa shape index (κ2) is 5.61. The quantitative estimate of drug-likeness (QED) is 0.741. The molecule has 3 rings (SSSR count). The lowest BCUT2D eigenvalue weighted by atomic mass is 10.1. The van der Waals surface area contributed by atoms with E-state index < -0.39 is 0 Å². The minimum atomic E-state index is -0.260. The van der Waals surface area contributed by atoms with Crippen LogP contribution in [0.3, 0.4) is 0 Å². The predicted octanol–water partition coefficient (Wildman–Crippen LogP) is 4.46. The zero-order valence-electron chi connectivity index (χ0n) is 11.0. The summed E-state index contributed by atoms with van der Waals surface area (Å²) in [6.07, 6.45) is 1.80. The molecule has 0 spiro atoms. The van der Waals surface area contributed by atoms with Gasteiger partial charge in [0.25, 0.3) is 0 Å². The Bertz CT molecular complexity index is 788. The van der Waals surface area contributed by atoms with Gasteiger partial charge in [0.15, 0.2) is 0 Å². The summed E-state index contributed by atoms with van der Waals surface area (Å²) in [4.78, 5) is 8.60. The summed E-state index contributed by atoms with van der Waals surface area (Å²) < 4.78 is 15.5. The third-order valence-corrected chi connectivity index (χ3v) is 3.80. The lowest BCUT2D eigenvalue weighted by Gasteiger charge is -2.14. The van der Waals surface area contributed by atoms with Crippen molar-refractivity contribution in [3.8, 4) is 0 Å². The summed E-state index contributed by atoms with van der Waals surface area (Å²) in [6, 6.07) is 8.08. The minimum absolute atomic E-state index is 0.0671. The Morgan fingerprint density at radius 1 is 1.29 bits per heavy atom. The highest BCUT2D eigenvalue weighted by molar-refractivity contribution is 9.10. The molecular weight excluding hydrogens is 359 g/mol. The smallest absolute Gasteiger partial charge is 0.227 e. The first kappa shape index (κ1) is 14.3. The Morgan fingerprint density at radius 2 is 2.00 bits per heavy atom. The first-order valence-corrected chi connectivity index (χ1v) is 7.43. The molecule has 0 bridgehead atoms. The molecule has 4 nitrogen and oxygen atoms in total. The zero-order chi connectivity index (χ0) is 15.0. The lowest BCUT2D eigenvalue weighted by molar-refractivity contribution is 0.626. The maximum absolute atomic E-state index is 12.9. The number of rotatable bonds is 3. The van der Waals surface area contributed by atoms with Crippen LogP contribution in [0.5, 0.6) is 0 Å². The van der Waals surface area contributed by atoms with E-state index in [2.05, 4.69) is 31.2 Å². The highest BCUT2D eigenvalue weighted by atomic mass is 79.9. The number of fused-ring (bicyclic) bond motifs is 1. The van der Waals surface area contributed by atoms with Gasteiger partial charge in [-0.25, -0.2) is 4.39 Å². The normalized spacial score (nSPS) is 12.6. The summed E-state index contributed by atoms with van der Waals surface area (Å²) >= 11 is 9.50. The number of nitrogens with one attached hydrogen (secondary N) is 1. The van der Waals surface area contributed by atoms with Crippen LogP contribution < -0.4 is 5.32 Å². The van der Waals surface area contributed by atoms with Gasteiger partial charge in [0.05, 0.1) is 6.04 Å². The molecule has 0 aliphatic heterocycles. The maximum Gasteiger partial charge on any atom is 0.227 e. The van der Waals surface area contributed by atoms with E-state index in [1.165, 1.54) is 12.1 Å². The number of benzene rings is 1. The molecule has 1 atom stereocenters. The van der Waals surface area contributed by atoms with Gasteiger partial charge in [-0.05, 0) is 58.2 Å². The van der Waals surface area contributed by atoms with E-state index in [0.717, 1.165) is 10.0 Å². The average molecular weight is 370 g/mol. The van der Waals surface area contributed by atoms with Crippen molar-refractivity contribution in [1.29, 1.82) is 0 Å². The fraction of sp³-hybridized carbons (Fsp3) is 0.143. The van der Waals surface area contributed by atoms with Gasteiger partial charge in [-0.3, -0.25) is 4.40 Å². The Morgan fingerprint density at radius 3 is 2.71 bits per heavy atom. The van der Waals surface area contributed by atoms with Gasteiger partial charge < -0.3 is 5.32 Å². The molecule has 0 radical (unpaired) electrons. The van der Waals surface area contributed by atoms with Crippen LogP contribution in [0.2, 0.25) is 5.28 Å². The monoisotopic (exact) mass is 368 g/mol. The van der Waals surface area contributed by atoms with Crippen molar-refractivity contribution >= 4 is 39.1 Å². The van der Waals surface area contributed by atoms with Crippen LogP contribution in [-0.2, 0) is 0 Å². The molecule has 0 amide bonds. The van der Waals surface area contributed by atoms with Crippen molar-refractivity contribution in [1.82, 2.24) is 14.4 Å². The van der Waals surface area contributed by atoms with E-state index in [1.54, 1.807) is 22.7 Å². The van der Waals surface area contributed by atoms with Gasteiger partial charge in [0.2, 0.25) is 11.2 Å². The van der Waals surface area contributed by atoms with Crippen LogP contribution in [0.1, 0.15) is 18.5 Å². The van der Waals surface area contributed by atoms with Crippen LogP contribution in [0.4, 0.5) is 10.3 Å². The van der Waals surface area contributed by atoms with Gasteiger partial charge in [-0.2, -0.15) is 9.97 Å². The van der Waals surface area contributed by atoms with E-state index in [0.29, 0.717) is 16.9 Å². The fourth-order valence-corrected chi connectivity index (χ4v) is 2.65. The van der Waals surface area contributed by atoms with Crippen molar-refractivity contribution in [2.24, 2.45) is 0 Å². The van der Waals surface area contributed by atoms with Crippen LogP contribution in [0.15, 0.2) is 41.0 Å². The molecular formula is C14H11BrClFN4. The molecule has 2 aromatic heterocycles. The molecule has 2 heterocycles. The number of halogens is 3. The highest BCUT2D eigenvalue weighted by Gasteiger charge is 2.11. The van der Waals surface area contributed by atoms with E-state index >= 15 is 0 Å². The predicted molar refractivity (Wildman–Crippen MR) is 84.1 cm³/mol. The average Bonchev–Trinajstić information content (AvgIpc) is 2.80. The molecule has 0 saturated carbocycles. The van der Waals surface area contributed by atoms with Crippen molar-refractivity contribution < 1.29 is 4.39 Å². The Kier molecular flexibility index (Phi) is 3.82. The third-order valence-electron chi connectivity index (χ3n) is 3.10. The van der Waals surface area contributed by atoms with E-state index in [1.807, 2.05) is 13.0 Å². The number of aromatic nitrogens is 3. The van der Waals surface area contributed by atoms with Crippen LogP contribution in [-0.4, -0.2) is 14.4 Å². The highest BCUT2D eigenvalue weighted by Crippen LogP contribution is 2.22. The van der Waals surface area contributed by atoms with Crippen molar-refractivity contribution in [3.05, 3.63) is 57.7 Å². The first-order chi connectivity index (χ1) is 10.0. The standard InChI is InChI=1S/C14H11BrClFN4/c1-8(9-2-4-11(17)5-3-9)18-14-19-12-6-10(15)7-21(12)13(16)20-14/h2-8H,1H3,(H,18,19). The molecule has 0 aliphatic carbocycles. The molecule has 0 saturated heterocycles. The van der Waals surface area contributed by atoms with Gasteiger partial charge in [0.1, 0.15) is 11.5 Å². The second-order valence-corrected chi connectivity index (χ2v) is 5.87. The van der Waals surface area contributed by atoms with Crippen molar-refractivity contribution in [2.75, 3.05) is 5.32 Å². The zero-order valence-corrected chi connectivity index (χ0v) is 13.4. The fourth-order valence-electron chi connectivity index (χ4n) is 2.02. The summed E-state index contributed by atoms with van der Waals surface area (Å²) in [5.74, 6) is 0.166. The van der Waals surface area contributed by atoms with Gasteiger partial charge in [-0.15, -0.1) is 0 Å². The maximum atomic E-state index is 12.9. The SMILES string of the molecule is CC(Nc1nc(Cl)n2cc(Br)cc2n1)c1ccc(F)cc1. The van der Waals surface area contributed by atoms with Crippen LogP contribution in [0, 0.1) is 5.82 Å². The van der Waals surface area contributed by atoms with Gasteiger partial charge >= 0.3 is 0 Å². The number of nitrogens with zero attached hydrogens (tertiary/aromatic N) is 3. The van der Waals surface area contributed by atoms with E-state index in [-0.39, 0.29) is 11.9 Å². The molecule has 1 unspecified atom stereocenters. The summed E-state index contributed by atoms with van der Waals surface area (Å²) in [6.45, 7) is 1.95. The van der Waals surface area contributed by atoms with E-state index in [9.17, 15) is 4.39 Å². The third kappa shape index (κ3) is 3.01. The topological polar surface area (TPSA) is 42.2 Å². The van der Waals surface area contributed by atoms with Crippen LogP contribution >= 0.6 is 27.5 Å². The molecule has 108 valence electrons. The lowest BCUT2D eigenvalue weighted by Crippen LogP contribution is -2.10. The van der Waals surface area contributed by atoms with Crippen molar-refractivity contribution in [2.45, 2.75) is 13.0 Å². The number of hydrogen-bond donors (Lipinski definition) is 1. The molecule has 7 heteroatoms. The molecule has 1 N–H and O–H groups in total. The number of hydrogen-bond acceptors (Lipinski definition) is 3. The van der Waals surface area contributed by atoms with Crippen molar-refractivity contribution in [3.63, 3.8) is 0 Å². The minimum Gasteiger partial charge on any atom is -0.348 e. The van der Waals surface area contributed by atoms with Gasteiger partial charge in [0, 0.05) is 10.7 Å². The number of anilines is 1.